The smallest absolute Gasteiger partial charge is 0.255 e. The van der Waals surface area contributed by atoms with Gasteiger partial charge < -0.3 is 5.32 Å². The molecule has 0 saturated carbocycles. The normalized spacial score (nSPS) is 11.2. The summed E-state index contributed by atoms with van der Waals surface area (Å²) in [4.78, 5) is 17.3. The zero-order valence-electron chi connectivity index (χ0n) is 16.2. The van der Waals surface area contributed by atoms with Crippen LogP contribution < -0.4 is 10.0 Å². The number of terminal acetylenes is 1. The minimum atomic E-state index is -3.79. The molecule has 8 heteroatoms. The molecular formula is C23H17N3O3S2. The molecule has 0 bridgehead atoms. The van der Waals surface area contributed by atoms with Gasteiger partial charge in [-0.2, -0.15) is 4.72 Å². The standard InChI is InChI=1S/C23H17N3O3S2/c1-2-13-24-31(28,29)19-10-6-7-16(15-19)22(27)25-18-9-5-8-17(14-18)23-26-20-11-3-4-12-21(20)30-23/h1,3-12,14-15,24H,13H2,(H,25,27). The van der Waals surface area contributed by atoms with Crippen LogP contribution in [-0.2, 0) is 10.0 Å². The Labute approximate surface area is 184 Å². The summed E-state index contributed by atoms with van der Waals surface area (Å²) in [6.45, 7) is -0.128. The highest BCUT2D eigenvalue weighted by Crippen LogP contribution is 2.31. The number of carbonyl (C=O) groups excluding carboxylic acids is 1. The zero-order chi connectivity index (χ0) is 21.8. The summed E-state index contributed by atoms with van der Waals surface area (Å²) in [7, 11) is -3.79. The fourth-order valence-electron chi connectivity index (χ4n) is 2.95. The van der Waals surface area contributed by atoms with Crippen LogP contribution in [0.15, 0.2) is 77.7 Å². The molecule has 4 aromatic rings. The van der Waals surface area contributed by atoms with E-state index in [1.54, 1.807) is 23.5 Å². The number of carbonyl (C=O) groups is 1. The molecule has 4 rings (SSSR count). The maximum atomic E-state index is 12.7. The number of fused-ring (bicyclic) bond motifs is 1. The number of anilines is 1. The van der Waals surface area contributed by atoms with E-state index < -0.39 is 15.9 Å². The van der Waals surface area contributed by atoms with Crippen molar-refractivity contribution in [3.05, 3.63) is 78.4 Å². The molecule has 3 aromatic carbocycles. The van der Waals surface area contributed by atoms with Crippen LogP contribution in [-0.4, -0.2) is 25.9 Å². The second kappa shape index (κ2) is 8.70. The van der Waals surface area contributed by atoms with Crippen molar-refractivity contribution < 1.29 is 13.2 Å². The quantitative estimate of drug-likeness (QED) is 0.435. The molecule has 0 fully saturated rings. The Kier molecular flexibility index (Phi) is 5.82. The van der Waals surface area contributed by atoms with Crippen molar-refractivity contribution >= 4 is 43.2 Å². The molecular weight excluding hydrogens is 430 g/mol. The lowest BCUT2D eigenvalue weighted by atomic mass is 10.2. The molecule has 2 N–H and O–H groups in total. The van der Waals surface area contributed by atoms with Crippen LogP contribution in [0.2, 0.25) is 0 Å². The van der Waals surface area contributed by atoms with Crippen LogP contribution in [0.1, 0.15) is 10.4 Å². The van der Waals surface area contributed by atoms with E-state index in [2.05, 4.69) is 20.9 Å². The number of hydrogen-bond acceptors (Lipinski definition) is 5. The summed E-state index contributed by atoms with van der Waals surface area (Å²) >= 11 is 1.57. The number of para-hydroxylation sites is 1. The maximum absolute atomic E-state index is 12.7. The van der Waals surface area contributed by atoms with Crippen molar-refractivity contribution in [2.45, 2.75) is 4.90 Å². The second-order valence-electron chi connectivity index (χ2n) is 6.58. The van der Waals surface area contributed by atoms with Gasteiger partial charge >= 0.3 is 0 Å². The first kappa shape index (κ1) is 20.8. The van der Waals surface area contributed by atoms with Crippen LogP contribution in [0.25, 0.3) is 20.8 Å². The monoisotopic (exact) mass is 447 g/mol. The lowest BCUT2D eigenvalue weighted by Gasteiger charge is -2.09. The Morgan fingerprint density at radius 2 is 1.84 bits per heavy atom. The second-order valence-corrected chi connectivity index (χ2v) is 9.38. The maximum Gasteiger partial charge on any atom is 0.255 e. The average Bonchev–Trinajstić information content (AvgIpc) is 3.22. The van der Waals surface area contributed by atoms with Gasteiger partial charge in [-0.3, -0.25) is 4.79 Å². The van der Waals surface area contributed by atoms with E-state index in [0.29, 0.717) is 5.69 Å². The molecule has 0 spiro atoms. The van der Waals surface area contributed by atoms with Crippen LogP contribution in [0.3, 0.4) is 0 Å². The fourth-order valence-corrected chi connectivity index (χ4v) is 4.90. The first-order valence-corrected chi connectivity index (χ1v) is 11.6. The largest absolute Gasteiger partial charge is 0.322 e. The molecule has 0 radical (unpaired) electrons. The van der Waals surface area contributed by atoms with Gasteiger partial charge in [0.15, 0.2) is 0 Å². The lowest BCUT2D eigenvalue weighted by molar-refractivity contribution is 0.102. The number of rotatable bonds is 6. The van der Waals surface area contributed by atoms with Gasteiger partial charge in [-0.05, 0) is 42.5 Å². The number of thiazole rings is 1. The van der Waals surface area contributed by atoms with Crippen molar-refractivity contribution in [3.63, 3.8) is 0 Å². The third kappa shape index (κ3) is 4.64. The van der Waals surface area contributed by atoms with E-state index in [4.69, 9.17) is 6.42 Å². The highest BCUT2D eigenvalue weighted by Gasteiger charge is 2.16. The number of aromatic nitrogens is 1. The average molecular weight is 448 g/mol. The van der Waals surface area contributed by atoms with E-state index in [9.17, 15) is 13.2 Å². The number of nitrogens with zero attached hydrogens (tertiary/aromatic N) is 1. The first-order valence-electron chi connectivity index (χ1n) is 9.27. The van der Waals surface area contributed by atoms with Gasteiger partial charge in [0.25, 0.3) is 5.91 Å². The highest BCUT2D eigenvalue weighted by molar-refractivity contribution is 7.89. The van der Waals surface area contributed by atoms with Crippen LogP contribution in [0.5, 0.6) is 0 Å². The summed E-state index contributed by atoms with van der Waals surface area (Å²) in [5.41, 5.74) is 2.61. The third-order valence-corrected chi connectivity index (χ3v) is 6.92. The van der Waals surface area contributed by atoms with Gasteiger partial charge in [0.2, 0.25) is 10.0 Å². The van der Waals surface area contributed by atoms with Gasteiger partial charge in [0.1, 0.15) is 5.01 Å². The molecule has 0 unspecified atom stereocenters. The first-order chi connectivity index (χ1) is 15.0. The summed E-state index contributed by atoms with van der Waals surface area (Å²) in [5.74, 6) is 1.80. The van der Waals surface area contributed by atoms with Gasteiger partial charge in [0, 0.05) is 16.8 Å². The SMILES string of the molecule is C#CCNS(=O)(=O)c1cccc(C(=O)Nc2cccc(-c3nc4ccccc4s3)c2)c1. The van der Waals surface area contributed by atoms with E-state index in [1.807, 2.05) is 42.5 Å². The van der Waals surface area contributed by atoms with E-state index >= 15 is 0 Å². The molecule has 154 valence electrons. The Morgan fingerprint density at radius 3 is 2.65 bits per heavy atom. The molecule has 1 aromatic heterocycles. The third-order valence-electron chi connectivity index (χ3n) is 4.43. The molecule has 1 amide bonds. The lowest BCUT2D eigenvalue weighted by Crippen LogP contribution is -2.24. The number of hydrogen-bond donors (Lipinski definition) is 2. The van der Waals surface area contributed by atoms with Crippen molar-refractivity contribution in [2.24, 2.45) is 0 Å². The zero-order valence-corrected chi connectivity index (χ0v) is 17.8. The topological polar surface area (TPSA) is 88.2 Å². The van der Waals surface area contributed by atoms with Gasteiger partial charge in [-0.25, -0.2) is 13.4 Å². The number of nitrogens with one attached hydrogen (secondary N) is 2. The van der Waals surface area contributed by atoms with Gasteiger partial charge in [-0.15, -0.1) is 17.8 Å². The van der Waals surface area contributed by atoms with Crippen molar-refractivity contribution in [1.29, 1.82) is 0 Å². The van der Waals surface area contributed by atoms with E-state index in [1.165, 1.54) is 18.2 Å². The summed E-state index contributed by atoms with van der Waals surface area (Å²) in [6.07, 6.45) is 5.11. The van der Waals surface area contributed by atoms with E-state index in [0.717, 1.165) is 20.8 Å². The fraction of sp³-hybridized carbons (Fsp3) is 0.0435. The minimum absolute atomic E-state index is 0.0290. The van der Waals surface area contributed by atoms with Crippen molar-refractivity contribution in [2.75, 3.05) is 11.9 Å². The summed E-state index contributed by atoms with van der Waals surface area (Å²) in [6, 6.07) is 21.0. The molecule has 0 aliphatic heterocycles. The Hall–Kier alpha value is -3.51. The van der Waals surface area contributed by atoms with Crippen LogP contribution in [0, 0.1) is 12.3 Å². The number of amides is 1. The summed E-state index contributed by atoms with van der Waals surface area (Å²) < 4.78 is 27.9. The van der Waals surface area contributed by atoms with Crippen LogP contribution >= 0.6 is 11.3 Å². The minimum Gasteiger partial charge on any atom is -0.322 e. The van der Waals surface area contributed by atoms with Gasteiger partial charge in [0.05, 0.1) is 21.7 Å². The van der Waals surface area contributed by atoms with Gasteiger partial charge in [-0.1, -0.05) is 36.3 Å². The van der Waals surface area contributed by atoms with E-state index in [-0.39, 0.29) is 17.0 Å². The number of benzene rings is 3. The Balaban J connectivity index is 1.56. The van der Waals surface area contributed by atoms with Crippen LogP contribution in [0.4, 0.5) is 5.69 Å². The molecule has 0 aliphatic rings. The van der Waals surface area contributed by atoms with Crippen molar-refractivity contribution in [3.8, 4) is 22.9 Å². The highest BCUT2D eigenvalue weighted by atomic mass is 32.2. The number of sulfonamides is 1. The predicted molar refractivity (Wildman–Crippen MR) is 123 cm³/mol. The molecule has 0 saturated heterocycles. The van der Waals surface area contributed by atoms with Crippen molar-refractivity contribution in [1.82, 2.24) is 9.71 Å². The summed E-state index contributed by atoms with van der Waals surface area (Å²) in [5, 5.41) is 3.67. The molecule has 0 atom stereocenters. The molecule has 1 heterocycles. The molecule has 31 heavy (non-hydrogen) atoms. The Morgan fingerprint density at radius 1 is 1.03 bits per heavy atom. The Bertz CT molecular complexity index is 1390. The molecule has 0 aliphatic carbocycles. The molecule has 6 nitrogen and oxygen atoms in total. The predicted octanol–water partition coefficient (Wildman–Crippen LogP) is 4.13.